The number of hydrogen-bond acceptors (Lipinski definition) is 8. The van der Waals surface area contributed by atoms with Crippen molar-refractivity contribution in [2.24, 2.45) is 5.41 Å². The van der Waals surface area contributed by atoms with E-state index in [0.717, 1.165) is 16.2 Å². The van der Waals surface area contributed by atoms with Crippen LogP contribution in [0.5, 0.6) is 0 Å². The number of rotatable bonds is 17. The average molecular weight is 612 g/mol. The van der Waals surface area contributed by atoms with Gasteiger partial charge in [-0.1, -0.05) is 68.1 Å². The molecule has 45 heavy (non-hydrogen) atoms. The third kappa shape index (κ3) is 8.71. The highest BCUT2D eigenvalue weighted by molar-refractivity contribution is 6.87. The second kappa shape index (κ2) is 16.4. The molecule has 234 valence electrons. The van der Waals surface area contributed by atoms with Crippen molar-refractivity contribution in [1.82, 2.24) is 20.9 Å². The van der Waals surface area contributed by atoms with Crippen LogP contribution in [0.15, 0.2) is 73.1 Å². The molecular weight excluding hydrogens is 573 g/mol. The third-order valence-corrected chi connectivity index (χ3v) is 8.18. The highest BCUT2D eigenvalue weighted by Crippen LogP contribution is 2.36. The molecule has 2 heterocycles. The Morgan fingerprint density at radius 2 is 1.20 bits per heavy atom. The average Bonchev–Trinajstić information content (AvgIpc) is 3.07. The number of nitrogens with one attached hydrogen (secondary N) is 3. The summed E-state index contributed by atoms with van der Waals surface area (Å²) in [5.74, 6) is -1.41. The molecule has 12 heteroatoms. The summed E-state index contributed by atoms with van der Waals surface area (Å²) < 4.78 is 0. The van der Waals surface area contributed by atoms with Crippen LogP contribution in [-0.2, 0) is 19.2 Å². The molecule has 0 radical (unpaired) electrons. The van der Waals surface area contributed by atoms with Crippen molar-refractivity contribution >= 4 is 63.6 Å². The molecule has 0 fully saturated rings. The van der Waals surface area contributed by atoms with Crippen LogP contribution in [0, 0.1) is 5.41 Å². The lowest BCUT2D eigenvalue weighted by atomic mass is 9.54. The first-order chi connectivity index (χ1) is 21.9. The van der Waals surface area contributed by atoms with Crippen molar-refractivity contribution < 1.29 is 29.6 Å². The number of carbonyl (C=O) groups excluding carboxylic acids is 4. The van der Waals surface area contributed by atoms with Crippen LogP contribution in [0.4, 0.5) is 5.69 Å². The van der Waals surface area contributed by atoms with Gasteiger partial charge < -0.3 is 10.1 Å². The number of benzene rings is 2. The molecule has 0 bridgehead atoms. The fraction of sp³-hybridized carbons (Fsp3) is 0.333. The Hall–Kier alpha value is -4.68. The summed E-state index contributed by atoms with van der Waals surface area (Å²) in [5.41, 5.74) is 4.13. The Bertz CT molecular complexity index is 1520. The van der Waals surface area contributed by atoms with Crippen LogP contribution >= 0.6 is 0 Å². The van der Waals surface area contributed by atoms with Gasteiger partial charge in [-0.15, -0.1) is 0 Å². The molecule has 5 N–H and O–H groups in total. The van der Waals surface area contributed by atoms with Gasteiger partial charge in [0.05, 0.1) is 22.1 Å². The predicted octanol–water partition coefficient (Wildman–Crippen LogP) is 3.91. The van der Waals surface area contributed by atoms with Gasteiger partial charge in [-0.25, -0.2) is 11.0 Å². The molecule has 0 saturated carbocycles. The van der Waals surface area contributed by atoms with E-state index in [2.05, 4.69) is 15.3 Å². The number of nitrogens with zero attached hydrogens (tertiary/aromatic N) is 2. The highest BCUT2D eigenvalue weighted by Gasteiger charge is 2.44. The van der Waals surface area contributed by atoms with Gasteiger partial charge in [-0.05, 0) is 54.7 Å². The topological polar surface area (TPSA) is 171 Å². The zero-order chi connectivity index (χ0) is 32.1. The standard InChI is InChI=1S/C33H38BN5O6/c40-27(38-44)17-3-1-5-19-33(20-6-2-4-18-28(41)39-45,31(42)34-25-15-7-11-23-13-9-21-35-29(23)25)32(43)37-26-16-8-12-24-14-10-22-36-30(24)26/h7-16,21-22,34,44-45H,1-6,17-20H2,(H,37,43)(H,38,40)(H,39,41). The minimum absolute atomic E-state index is 0.00457. The number of carbonyl (C=O) groups is 4. The van der Waals surface area contributed by atoms with Crippen molar-refractivity contribution in [3.05, 3.63) is 73.1 Å². The summed E-state index contributed by atoms with van der Waals surface area (Å²) >= 11 is 0. The van der Waals surface area contributed by atoms with Crippen molar-refractivity contribution in [3.63, 3.8) is 0 Å². The summed E-state index contributed by atoms with van der Waals surface area (Å²) in [7, 11) is -0.00457. The summed E-state index contributed by atoms with van der Waals surface area (Å²) in [4.78, 5) is 61.0. The summed E-state index contributed by atoms with van der Waals surface area (Å²) in [6.07, 6.45) is 7.14. The van der Waals surface area contributed by atoms with E-state index in [-0.39, 0.29) is 38.6 Å². The number of fused-ring (bicyclic) bond motifs is 2. The molecule has 0 aliphatic carbocycles. The fourth-order valence-corrected chi connectivity index (χ4v) is 5.75. The molecule has 0 atom stereocenters. The number of hydrogen-bond donors (Lipinski definition) is 5. The van der Waals surface area contributed by atoms with Crippen molar-refractivity contribution in [3.8, 4) is 0 Å². The SMILES string of the molecule is O=C(CCCCCC(CCCCCC(=O)NO)(C(=O)Bc1cccc2cccnc12)C(=O)Nc1cccc2cccnc12)NO. The van der Waals surface area contributed by atoms with Crippen LogP contribution in [0.1, 0.15) is 64.2 Å². The van der Waals surface area contributed by atoms with Gasteiger partial charge in [0.15, 0.2) is 0 Å². The molecule has 2 aromatic heterocycles. The molecule has 0 aliphatic heterocycles. The Labute approximate surface area is 262 Å². The predicted molar refractivity (Wildman–Crippen MR) is 172 cm³/mol. The molecule has 11 nitrogen and oxygen atoms in total. The van der Waals surface area contributed by atoms with Gasteiger partial charge in [0.2, 0.25) is 25.0 Å². The molecule has 0 saturated heterocycles. The maximum absolute atomic E-state index is 14.5. The minimum Gasteiger partial charge on any atom is -0.323 e. The lowest BCUT2D eigenvalue weighted by Crippen LogP contribution is -2.48. The highest BCUT2D eigenvalue weighted by atomic mass is 16.5. The fourth-order valence-electron chi connectivity index (χ4n) is 5.75. The molecule has 0 spiro atoms. The smallest absolute Gasteiger partial charge is 0.243 e. The lowest BCUT2D eigenvalue weighted by Gasteiger charge is -2.32. The first-order valence-electron chi connectivity index (χ1n) is 15.2. The maximum atomic E-state index is 14.5. The van der Waals surface area contributed by atoms with E-state index in [0.29, 0.717) is 55.2 Å². The van der Waals surface area contributed by atoms with Gasteiger partial charge in [0, 0.05) is 30.6 Å². The number of anilines is 1. The lowest BCUT2D eigenvalue weighted by molar-refractivity contribution is -0.136. The Morgan fingerprint density at radius 3 is 1.80 bits per heavy atom. The summed E-state index contributed by atoms with van der Waals surface area (Å²) in [5, 5.41) is 22.5. The first kappa shape index (κ1) is 33.2. The van der Waals surface area contributed by atoms with E-state index < -0.39 is 23.1 Å². The Kier molecular flexibility index (Phi) is 12.1. The molecule has 2 aromatic carbocycles. The molecule has 3 amide bonds. The molecule has 0 aliphatic rings. The zero-order valence-electron chi connectivity index (χ0n) is 25.1. The number of unbranched alkanes of at least 4 members (excludes halogenated alkanes) is 4. The molecule has 0 unspecified atom stereocenters. The normalized spacial score (nSPS) is 11.2. The largest absolute Gasteiger partial charge is 0.323 e. The molecular formula is C33H38BN5O6. The number of para-hydroxylation sites is 2. The second-order valence-electron chi connectivity index (χ2n) is 11.2. The van der Waals surface area contributed by atoms with E-state index in [1.807, 2.05) is 54.6 Å². The summed E-state index contributed by atoms with van der Waals surface area (Å²) in [6, 6.07) is 18.6. The quantitative estimate of drug-likeness (QED) is 0.0393. The third-order valence-electron chi connectivity index (χ3n) is 8.18. The monoisotopic (exact) mass is 611 g/mol. The Morgan fingerprint density at radius 1 is 0.667 bits per heavy atom. The second-order valence-corrected chi connectivity index (χ2v) is 11.2. The van der Waals surface area contributed by atoms with Crippen LogP contribution < -0.4 is 21.7 Å². The van der Waals surface area contributed by atoms with Crippen molar-refractivity contribution in [1.29, 1.82) is 0 Å². The van der Waals surface area contributed by atoms with E-state index >= 15 is 0 Å². The number of aromatic nitrogens is 2. The van der Waals surface area contributed by atoms with Gasteiger partial charge in [-0.3, -0.25) is 34.8 Å². The van der Waals surface area contributed by atoms with Crippen LogP contribution in [0.3, 0.4) is 0 Å². The molecule has 4 rings (SSSR count). The van der Waals surface area contributed by atoms with Gasteiger partial charge in [-0.2, -0.15) is 0 Å². The van der Waals surface area contributed by atoms with Gasteiger partial charge in [0.1, 0.15) is 5.68 Å². The van der Waals surface area contributed by atoms with E-state index in [1.165, 1.54) is 0 Å². The van der Waals surface area contributed by atoms with Crippen LogP contribution in [-0.4, -0.2) is 51.1 Å². The molecule has 4 aromatic rings. The Balaban J connectivity index is 1.66. The van der Waals surface area contributed by atoms with E-state index in [4.69, 9.17) is 10.4 Å². The maximum Gasteiger partial charge on any atom is 0.243 e. The van der Waals surface area contributed by atoms with E-state index in [9.17, 15) is 19.2 Å². The first-order valence-corrected chi connectivity index (χ1v) is 15.2. The van der Waals surface area contributed by atoms with Crippen molar-refractivity contribution in [2.75, 3.05) is 5.32 Å². The number of amides is 3. The minimum atomic E-state index is -1.42. The van der Waals surface area contributed by atoms with Crippen LogP contribution in [0.25, 0.3) is 21.8 Å². The number of pyridine rings is 2. The van der Waals surface area contributed by atoms with Gasteiger partial charge in [0.25, 0.3) is 0 Å². The van der Waals surface area contributed by atoms with E-state index in [1.54, 1.807) is 29.4 Å². The van der Waals surface area contributed by atoms with Crippen LogP contribution in [0.2, 0.25) is 0 Å². The van der Waals surface area contributed by atoms with Crippen molar-refractivity contribution in [2.45, 2.75) is 64.2 Å². The zero-order valence-corrected chi connectivity index (χ0v) is 25.1. The number of hydroxylamine groups is 2. The summed E-state index contributed by atoms with van der Waals surface area (Å²) in [6.45, 7) is 0. The van der Waals surface area contributed by atoms with Gasteiger partial charge >= 0.3 is 0 Å².